The fourth-order valence-corrected chi connectivity index (χ4v) is 0.469. The van der Waals surface area contributed by atoms with E-state index in [1.165, 1.54) is 0 Å². The Morgan fingerprint density at radius 1 is 2.00 bits per heavy atom. The van der Waals surface area contributed by atoms with Gasteiger partial charge in [0.15, 0.2) is 0 Å². The maximum Gasteiger partial charge on any atom is 0.524 e. The SMILES string of the molecule is CCC(N)[P+](=O)O. The first-order chi connectivity index (χ1) is 3.18. The monoisotopic (exact) mass is 122 g/mol. The summed E-state index contributed by atoms with van der Waals surface area (Å²) in [5.41, 5.74) is 5.08. The molecule has 0 spiro atoms. The van der Waals surface area contributed by atoms with Crippen LogP contribution in [-0.4, -0.2) is 10.7 Å². The Morgan fingerprint density at radius 2 is 2.43 bits per heavy atom. The van der Waals surface area contributed by atoms with Crippen molar-refractivity contribution in [1.82, 2.24) is 0 Å². The van der Waals surface area contributed by atoms with Gasteiger partial charge in [0, 0.05) is 6.42 Å². The lowest BCUT2D eigenvalue weighted by Gasteiger charge is -1.84. The molecule has 0 aromatic carbocycles. The molecule has 0 fully saturated rings. The van der Waals surface area contributed by atoms with E-state index in [9.17, 15) is 4.57 Å². The summed E-state index contributed by atoms with van der Waals surface area (Å²) in [6.45, 7) is 1.77. The Kier molecular flexibility index (Phi) is 3.09. The van der Waals surface area contributed by atoms with Gasteiger partial charge in [0.1, 0.15) is 0 Å². The summed E-state index contributed by atoms with van der Waals surface area (Å²) in [5, 5.41) is 0. The Hall–Kier alpha value is 0.0200. The van der Waals surface area contributed by atoms with Gasteiger partial charge >= 0.3 is 8.03 Å². The molecule has 0 aliphatic rings. The van der Waals surface area contributed by atoms with E-state index in [-0.39, 0.29) is 0 Å². The first-order valence-corrected chi connectivity index (χ1v) is 3.37. The van der Waals surface area contributed by atoms with E-state index >= 15 is 0 Å². The Morgan fingerprint density at radius 3 is 2.43 bits per heavy atom. The van der Waals surface area contributed by atoms with Crippen molar-refractivity contribution in [2.75, 3.05) is 0 Å². The fourth-order valence-electron chi connectivity index (χ4n) is 0.156. The third-order valence-electron chi connectivity index (χ3n) is 0.702. The largest absolute Gasteiger partial charge is 0.524 e. The number of hydrogen-bond acceptors (Lipinski definition) is 2. The molecule has 0 saturated heterocycles. The number of rotatable bonds is 2. The summed E-state index contributed by atoms with van der Waals surface area (Å²) < 4.78 is 9.95. The Bertz CT molecular complexity index is 75.3. The van der Waals surface area contributed by atoms with Gasteiger partial charge in [-0.3, -0.25) is 5.73 Å². The van der Waals surface area contributed by atoms with Gasteiger partial charge in [0.2, 0.25) is 5.78 Å². The molecule has 0 aromatic rings. The molecular weight excluding hydrogens is 113 g/mol. The molecule has 0 saturated carbocycles. The standard InChI is InChI=1S/C3H8NO2P/c1-2-3(4)7(5)6/h3H,2,4H2,1H3/p+1. The molecule has 3 N–H and O–H groups in total. The van der Waals surface area contributed by atoms with E-state index in [4.69, 9.17) is 10.6 Å². The van der Waals surface area contributed by atoms with Crippen molar-refractivity contribution in [1.29, 1.82) is 0 Å². The van der Waals surface area contributed by atoms with Crippen LogP contribution in [0.5, 0.6) is 0 Å². The van der Waals surface area contributed by atoms with Crippen molar-refractivity contribution in [3.63, 3.8) is 0 Å². The van der Waals surface area contributed by atoms with E-state index in [0.717, 1.165) is 0 Å². The summed E-state index contributed by atoms with van der Waals surface area (Å²) >= 11 is 0. The molecule has 0 rings (SSSR count). The van der Waals surface area contributed by atoms with Crippen LogP contribution in [0.25, 0.3) is 0 Å². The highest BCUT2D eigenvalue weighted by molar-refractivity contribution is 7.38. The van der Waals surface area contributed by atoms with E-state index in [1.54, 1.807) is 6.92 Å². The molecule has 0 aliphatic carbocycles. The van der Waals surface area contributed by atoms with Gasteiger partial charge in [-0.25, -0.2) is 0 Å². The van der Waals surface area contributed by atoms with Gasteiger partial charge in [-0.15, -0.1) is 0 Å². The van der Waals surface area contributed by atoms with Gasteiger partial charge in [-0.1, -0.05) is 6.92 Å². The summed E-state index contributed by atoms with van der Waals surface area (Å²) in [7, 11) is -2.13. The summed E-state index contributed by atoms with van der Waals surface area (Å²) in [5.74, 6) is -0.532. The predicted molar refractivity (Wildman–Crippen MR) is 28.1 cm³/mol. The van der Waals surface area contributed by atoms with Gasteiger partial charge in [-0.2, -0.15) is 4.89 Å². The minimum Gasteiger partial charge on any atom is -0.285 e. The minimum absolute atomic E-state index is 0.532. The molecule has 4 heteroatoms. The van der Waals surface area contributed by atoms with Crippen LogP contribution < -0.4 is 5.73 Å². The molecule has 0 radical (unpaired) electrons. The Labute approximate surface area is 43.4 Å². The second-order valence-electron chi connectivity index (χ2n) is 1.28. The van der Waals surface area contributed by atoms with Crippen LogP contribution in [0.4, 0.5) is 0 Å². The van der Waals surface area contributed by atoms with Gasteiger partial charge in [0.25, 0.3) is 0 Å². The van der Waals surface area contributed by atoms with Crippen LogP contribution in [0.1, 0.15) is 13.3 Å². The summed E-state index contributed by atoms with van der Waals surface area (Å²) in [6, 6.07) is 0. The van der Waals surface area contributed by atoms with Crippen molar-refractivity contribution < 1.29 is 9.46 Å². The molecule has 0 aliphatic heterocycles. The third-order valence-corrected chi connectivity index (χ3v) is 1.63. The topological polar surface area (TPSA) is 63.3 Å². The van der Waals surface area contributed by atoms with Crippen molar-refractivity contribution in [3.8, 4) is 0 Å². The highest BCUT2D eigenvalue weighted by atomic mass is 31.1. The Balaban J connectivity index is 3.34. The normalized spacial score (nSPS) is 16.1. The van der Waals surface area contributed by atoms with Gasteiger partial charge < -0.3 is 0 Å². The minimum atomic E-state index is -2.13. The zero-order valence-electron chi connectivity index (χ0n) is 4.16. The lowest BCUT2D eigenvalue weighted by Crippen LogP contribution is -2.12. The molecule has 0 bridgehead atoms. The smallest absolute Gasteiger partial charge is 0.285 e. The highest BCUT2D eigenvalue weighted by Crippen LogP contribution is 2.19. The van der Waals surface area contributed by atoms with Crippen molar-refractivity contribution in [2.45, 2.75) is 19.1 Å². The van der Waals surface area contributed by atoms with Crippen LogP contribution in [0.2, 0.25) is 0 Å². The van der Waals surface area contributed by atoms with Crippen LogP contribution in [0, 0.1) is 0 Å². The number of hydrogen-bond donors (Lipinski definition) is 2. The maximum atomic E-state index is 9.95. The van der Waals surface area contributed by atoms with Crippen LogP contribution in [0.15, 0.2) is 0 Å². The lowest BCUT2D eigenvalue weighted by atomic mass is 10.5. The first-order valence-electron chi connectivity index (χ1n) is 2.09. The average Bonchev–Trinajstić information content (AvgIpc) is 1.65. The molecule has 2 unspecified atom stereocenters. The summed E-state index contributed by atoms with van der Waals surface area (Å²) in [6.07, 6.45) is 0.561. The zero-order valence-corrected chi connectivity index (χ0v) is 5.06. The van der Waals surface area contributed by atoms with Crippen LogP contribution >= 0.6 is 8.03 Å². The maximum absolute atomic E-state index is 9.95. The lowest BCUT2D eigenvalue weighted by molar-refractivity contribution is 0.487. The third kappa shape index (κ3) is 2.68. The summed E-state index contributed by atoms with van der Waals surface area (Å²) in [4.78, 5) is 8.21. The molecule has 3 nitrogen and oxygen atoms in total. The molecule has 0 heterocycles. The fraction of sp³-hybridized carbons (Fsp3) is 1.00. The quantitative estimate of drug-likeness (QED) is 0.521. The molecule has 2 atom stereocenters. The van der Waals surface area contributed by atoms with Crippen molar-refractivity contribution in [2.24, 2.45) is 5.73 Å². The molecule has 7 heavy (non-hydrogen) atoms. The van der Waals surface area contributed by atoms with E-state index in [1.807, 2.05) is 0 Å². The molecule has 0 aromatic heterocycles. The molecule has 0 amide bonds. The van der Waals surface area contributed by atoms with Crippen molar-refractivity contribution in [3.05, 3.63) is 0 Å². The average molecular weight is 122 g/mol. The highest BCUT2D eigenvalue weighted by Gasteiger charge is 2.20. The second kappa shape index (κ2) is 3.08. The van der Waals surface area contributed by atoms with E-state index < -0.39 is 13.8 Å². The van der Waals surface area contributed by atoms with E-state index in [0.29, 0.717) is 6.42 Å². The molecular formula is C3H9NO2P+. The number of nitrogens with two attached hydrogens (primary N) is 1. The van der Waals surface area contributed by atoms with Gasteiger partial charge in [-0.05, 0) is 4.57 Å². The second-order valence-corrected chi connectivity index (χ2v) is 2.55. The van der Waals surface area contributed by atoms with Gasteiger partial charge in [0.05, 0.1) is 0 Å². The zero-order chi connectivity index (χ0) is 5.86. The van der Waals surface area contributed by atoms with E-state index in [2.05, 4.69) is 0 Å². The van der Waals surface area contributed by atoms with Crippen LogP contribution in [0.3, 0.4) is 0 Å². The first kappa shape index (κ1) is 7.02. The van der Waals surface area contributed by atoms with Crippen LogP contribution in [-0.2, 0) is 4.57 Å². The predicted octanol–water partition coefficient (Wildman–Crippen LogP) is 0.416. The van der Waals surface area contributed by atoms with Crippen molar-refractivity contribution >= 4 is 8.03 Å². The molecule has 42 valence electrons.